The van der Waals surface area contributed by atoms with Crippen molar-refractivity contribution in [2.24, 2.45) is 5.92 Å². The molecule has 0 aliphatic carbocycles. The summed E-state index contributed by atoms with van der Waals surface area (Å²) in [6.45, 7) is 3.26. The van der Waals surface area contributed by atoms with Crippen molar-refractivity contribution in [2.75, 3.05) is 25.4 Å². The van der Waals surface area contributed by atoms with Crippen molar-refractivity contribution in [3.8, 4) is 11.1 Å². The van der Waals surface area contributed by atoms with Gasteiger partial charge in [-0.3, -0.25) is 4.79 Å². The van der Waals surface area contributed by atoms with Crippen LogP contribution in [0.15, 0.2) is 52.9 Å². The van der Waals surface area contributed by atoms with Crippen molar-refractivity contribution in [3.05, 3.63) is 54.3 Å². The number of fused-ring (bicyclic) bond motifs is 4. The molecule has 5 nitrogen and oxygen atoms in total. The number of amides is 1. The molecule has 0 radical (unpaired) electrons. The second kappa shape index (κ2) is 6.43. The average Bonchev–Trinajstić information content (AvgIpc) is 3.14. The Morgan fingerprint density at radius 1 is 1.07 bits per heavy atom. The lowest BCUT2D eigenvalue weighted by Gasteiger charge is -2.44. The lowest BCUT2D eigenvalue weighted by atomic mass is 9.84. The van der Waals surface area contributed by atoms with Crippen molar-refractivity contribution in [2.45, 2.75) is 18.9 Å². The predicted octanol–water partition coefficient (Wildman–Crippen LogP) is 3.51. The minimum Gasteiger partial charge on any atom is -0.450 e. The second-order valence-electron chi connectivity index (χ2n) is 7.64. The highest BCUT2D eigenvalue weighted by Crippen LogP contribution is 2.34. The van der Waals surface area contributed by atoms with Gasteiger partial charge in [0.05, 0.1) is 0 Å². The van der Waals surface area contributed by atoms with Crippen LogP contribution < -0.4 is 11.1 Å². The Labute approximate surface area is 158 Å². The zero-order chi connectivity index (χ0) is 18.4. The average molecular weight is 361 g/mol. The van der Waals surface area contributed by atoms with Crippen LogP contribution in [-0.2, 0) is 0 Å². The summed E-state index contributed by atoms with van der Waals surface area (Å²) >= 11 is 0. The third-order valence-corrected chi connectivity index (χ3v) is 5.99. The van der Waals surface area contributed by atoms with E-state index in [1.165, 1.54) is 12.8 Å². The molecular formula is C22H23N3O2. The molecule has 0 saturated carbocycles. The van der Waals surface area contributed by atoms with E-state index in [0.29, 0.717) is 22.9 Å². The first-order valence-corrected chi connectivity index (χ1v) is 9.60. The highest BCUT2D eigenvalue weighted by atomic mass is 16.3. The maximum atomic E-state index is 12.8. The van der Waals surface area contributed by atoms with E-state index in [2.05, 4.69) is 10.2 Å². The zero-order valence-electron chi connectivity index (χ0n) is 15.2. The number of para-hydroxylation sites is 2. The van der Waals surface area contributed by atoms with Crippen LogP contribution in [-0.4, -0.2) is 36.5 Å². The summed E-state index contributed by atoms with van der Waals surface area (Å²) in [5.41, 5.74) is 9.37. The number of hydrogen-bond acceptors (Lipinski definition) is 4. The molecule has 1 atom stereocenters. The second-order valence-corrected chi connectivity index (χ2v) is 7.64. The van der Waals surface area contributed by atoms with E-state index < -0.39 is 0 Å². The molecule has 6 rings (SSSR count). The number of carbonyl (C=O) groups excluding carboxylic acids is 1. The van der Waals surface area contributed by atoms with Crippen molar-refractivity contribution < 1.29 is 9.21 Å². The first-order valence-electron chi connectivity index (χ1n) is 9.60. The topological polar surface area (TPSA) is 71.5 Å². The van der Waals surface area contributed by atoms with Crippen LogP contribution in [0.5, 0.6) is 0 Å². The number of nitrogens with one attached hydrogen (secondary N) is 1. The molecule has 3 saturated heterocycles. The first-order chi connectivity index (χ1) is 13.2. The number of piperidine rings is 3. The standard InChI is InChI=1S/C22H23N3O2/c23-18-7-2-1-5-16(18)17-6-3-4-15-12-20(27-21(15)17)22(26)24-19-13-25-10-8-14(19)9-11-25/h1-7,12,14,19H,8-11,13,23H2,(H,24,26)/t19-/m0/s1. The largest absolute Gasteiger partial charge is 0.450 e. The summed E-state index contributed by atoms with van der Waals surface area (Å²) in [6.07, 6.45) is 2.34. The number of nitrogens with zero attached hydrogens (tertiary/aromatic N) is 1. The molecule has 5 heteroatoms. The van der Waals surface area contributed by atoms with E-state index in [1.54, 1.807) is 0 Å². The highest BCUT2D eigenvalue weighted by Gasteiger charge is 2.35. The number of rotatable bonds is 3. The molecule has 2 bridgehead atoms. The summed E-state index contributed by atoms with van der Waals surface area (Å²) in [5, 5.41) is 4.11. The molecule has 3 fully saturated rings. The van der Waals surface area contributed by atoms with Gasteiger partial charge in [0.1, 0.15) is 5.58 Å². The number of nitrogen functional groups attached to an aromatic ring is 1. The molecule has 138 valence electrons. The Morgan fingerprint density at radius 3 is 2.59 bits per heavy atom. The van der Waals surface area contributed by atoms with Crippen LogP contribution in [0, 0.1) is 5.92 Å². The van der Waals surface area contributed by atoms with Gasteiger partial charge in [0, 0.05) is 34.8 Å². The van der Waals surface area contributed by atoms with Crippen LogP contribution in [0.3, 0.4) is 0 Å². The van der Waals surface area contributed by atoms with Crippen molar-refractivity contribution in [1.29, 1.82) is 0 Å². The van der Waals surface area contributed by atoms with Gasteiger partial charge in [0.2, 0.25) is 0 Å². The lowest BCUT2D eigenvalue weighted by Crippen LogP contribution is -2.57. The van der Waals surface area contributed by atoms with E-state index >= 15 is 0 Å². The Hall–Kier alpha value is -2.79. The van der Waals surface area contributed by atoms with Crippen LogP contribution in [0.2, 0.25) is 0 Å². The Morgan fingerprint density at radius 2 is 1.85 bits per heavy atom. The monoisotopic (exact) mass is 361 g/mol. The number of hydrogen-bond donors (Lipinski definition) is 2. The van der Waals surface area contributed by atoms with Gasteiger partial charge in [-0.1, -0.05) is 36.4 Å². The van der Waals surface area contributed by atoms with Crippen molar-refractivity contribution in [1.82, 2.24) is 10.2 Å². The number of carbonyl (C=O) groups is 1. The number of furan rings is 1. The molecule has 27 heavy (non-hydrogen) atoms. The van der Waals surface area contributed by atoms with Gasteiger partial charge in [0.15, 0.2) is 5.76 Å². The SMILES string of the molecule is Nc1ccccc1-c1cccc2cc(C(=O)N[C@H]3CN4CCC3CC4)oc12. The normalized spacial score (nSPS) is 24.2. The fourth-order valence-electron chi connectivity index (χ4n) is 4.50. The summed E-state index contributed by atoms with van der Waals surface area (Å²) < 4.78 is 6.01. The van der Waals surface area contributed by atoms with Crippen LogP contribution in [0.25, 0.3) is 22.1 Å². The van der Waals surface area contributed by atoms with Crippen LogP contribution in [0.1, 0.15) is 23.4 Å². The summed E-state index contributed by atoms with van der Waals surface area (Å²) in [7, 11) is 0. The highest BCUT2D eigenvalue weighted by molar-refractivity contribution is 6.01. The predicted molar refractivity (Wildman–Crippen MR) is 106 cm³/mol. The van der Waals surface area contributed by atoms with Crippen LogP contribution >= 0.6 is 0 Å². The number of anilines is 1. The van der Waals surface area contributed by atoms with Gasteiger partial charge in [-0.05, 0) is 44.0 Å². The summed E-state index contributed by atoms with van der Waals surface area (Å²) in [5.74, 6) is 0.823. The Bertz CT molecular complexity index is 1000. The quantitative estimate of drug-likeness (QED) is 0.701. The molecule has 3 N–H and O–H groups in total. The Balaban J connectivity index is 1.46. The molecule has 2 aromatic carbocycles. The first kappa shape index (κ1) is 16.4. The third-order valence-electron chi connectivity index (χ3n) is 5.99. The summed E-state index contributed by atoms with van der Waals surface area (Å²) in [4.78, 5) is 15.3. The van der Waals surface area contributed by atoms with Gasteiger partial charge < -0.3 is 20.4 Å². The van der Waals surface area contributed by atoms with E-state index in [0.717, 1.165) is 36.1 Å². The van der Waals surface area contributed by atoms with Gasteiger partial charge in [-0.25, -0.2) is 0 Å². The molecule has 3 aromatic rings. The fourth-order valence-corrected chi connectivity index (χ4v) is 4.50. The van der Waals surface area contributed by atoms with Gasteiger partial charge in [-0.15, -0.1) is 0 Å². The van der Waals surface area contributed by atoms with Crippen molar-refractivity contribution >= 4 is 22.6 Å². The van der Waals surface area contributed by atoms with E-state index in [9.17, 15) is 4.79 Å². The van der Waals surface area contributed by atoms with E-state index in [-0.39, 0.29) is 11.9 Å². The molecule has 3 aliphatic rings. The molecular weight excluding hydrogens is 338 g/mol. The minimum absolute atomic E-state index is 0.128. The Kier molecular flexibility index (Phi) is 3.90. The van der Waals surface area contributed by atoms with E-state index in [1.807, 2.05) is 48.5 Å². The molecule has 0 unspecified atom stereocenters. The third kappa shape index (κ3) is 2.88. The van der Waals surface area contributed by atoms with Gasteiger partial charge in [0.25, 0.3) is 5.91 Å². The minimum atomic E-state index is -0.128. The lowest BCUT2D eigenvalue weighted by molar-refractivity contribution is 0.0607. The molecule has 0 spiro atoms. The summed E-state index contributed by atoms with van der Waals surface area (Å²) in [6, 6.07) is 15.7. The molecule has 3 aliphatic heterocycles. The van der Waals surface area contributed by atoms with Crippen LogP contribution in [0.4, 0.5) is 5.69 Å². The number of nitrogens with two attached hydrogens (primary N) is 1. The van der Waals surface area contributed by atoms with Gasteiger partial charge >= 0.3 is 0 Å². The zero-order valence-corrected chi connectivity index (χ0v) is 15.2. The van der Waals surface area contributed by atoms with Gasteiger partial charge in [-0.2, -0.15) is 0 Å². The molecule has 1 amide bonds. The maximum absolute atomic E-state index is 12.8. The number of benzene rings is 2. The smallest absolute Gasteiger partial charge is 0.287 e. The van der Waals surface area contributed by atoms with Crippen molar-refractivity contribution in [3.63, 3.8) is 0 Å². The van der Waals surface area contributed by atoms with E-state index in [4.69, 9.17) is 10.2 Å². The fraction of sp³-hybridized carbons (Fsp3) is 0.318. The molecule has 4 heterocycles. The molecule has 1 aromatic heterocycles. The maximum Gasteiger partial charge on any atom is 0.287 e.